The lowest BCUT2D eigenvalue weighted by molar-refractivity contribution is -0.115. The molecule has 0 saturated heterocycles. The van der Waals surface area contributed by atoms with Crippen molar-refractivity contribution in [2.24, 2.45) is 7.05 Å². The van der Waals surface area contributed by atoms with Crippen LogP contribution < -0.4 is 10.1 Å². The number of methoxy groups -OCH3 is 1. The quantitative estimate of drug-likeness (QED) is 0.450. The number of carbonyl (C=O) groups excluding carboxylic acids is 2. The summed E-state index contributed by atoms with van der Waals surface area (Å²) in [5.41, 5.74) is 1.05. The van der Waals surface area contributed by atoms with Crippen LogP contribution in [0.1, 0.15) is 16.2 Å². The van der Waals surface area contributed by atoms with Gasteiger partial charge in [-0.25, -0.2) is 4.39 Å². The van der Waals surface area contributed by atoms with E-state index in [0.29, 0.717) is 28.0 Å². The largest absolute Gasteiger partial charge is 0.497 e. The summed E-state index contributed by atoms with van der Waals surface area (Å²) in [5.74, 6) is 0.529. The normalized spacial score (nSPS) is 10.6. The molecule has 1 aromatic heterocycles. The molecule has 7 nitrogen and oxygen atoms in total. The molecule has 0 unspecified atom stereocenters. The van der Waals surface area contributed by atoms with Gasteiger partial charge in [0, 0.05) is 18.3 Å². The first-order valence-electron chi connectivity index (χ1n) is 8.70. The highest BCUT2D eigenvalue weighted by atomic mass is 32.2. The fourth-order valence-electron chi connectivity index (χ4n) is 2.52. The van der Waals surface area contributed by atoms with Gasteiger partial charge in [-0.15, -0.1) is 10.2 Å². The Hall–Kier alpha value is -3.20. The number of nitrogens with one attached hydrogen (secondary N) is 1. The second kappa shape index (κ2) is 9.33. The van der Waals surface area contributed by atoms with Crippen LogP contribution in [-0.4, -0.2) is 39.3 Å². The zero-order chi connectivity index (χ0) is 20.8. The molecule has 29 heavy (non-hydrogen) atoms. The molecule has 150 valence electrons. The third-order valence-electron chi connectivity index (χ3n) is 4.10. The smallest absolute Gasteiger partial charge is 0.232 e. The molecule has 3 rings (SSSR count). The predicted molar refractivity (Wildman–Crippen MR) is 108 cm³/mol. The standard InChI is InChI=1S/C20H19FN4O3S/c1-25-18(11-19(27)22-15-8-6-14(21)7-9-15)23-24-20(25)29-12-17(26)13-4-3-5-16(10-13)28-2/h3-10H,11-12H2,1-2H3,(H,22,27). The minimum absolute atomic E-state index is 0.00523. The van der Waals surface area contributed by atoms with Crippen LogP contribution >= 0.6 is 11.8 Å². The van der Waals surface area contributed by atoms with Crippen LogP contribution in [0.5, 0.6) is 5.75 Å². The van der Waals surface area contributed by atoms with Crippen LogP contribution in [0.4, 0.5) is 10.1 Å². The molecule has 9 heteroatoms. The average Bonchev–Trinajstić information content (AvgIpc) is 3.07. The van der Waals surface area contributed by atoms with Gasteiger partial charge in [0.2, 0.25) is 5.91 Å². The van der Waals surface area contributed by atoms with Gasteiger partial charge in [-0.3, -0.25) is 9.59 Å². The third kappa shape index (κ3) is 5.41. The lowest BCUT2D eigenvalue weighted by atomic mass is 10.1. The van der Waals surface area contributed by atoms with E-state index in [2.05, 4.69) is 15.5 Å². The van der Waals surface area contributed by atoms with E-state index in [1.807, 2.05) is 0 Å². The fourth-order valence-corrected chi connectivity index (χ4v) is 3.34. The molecule has 1 N–H and O–H groups in total. The van der Waals surface area contributed by atoms with E-state index in [1.165, 1.54) is 36.0 Å². The summed E-state index contributed by atoms with van der Waals surface area (Å²) in [7, 11) is 3.28. The Kier molecular flexibility index (Phi) is 6.61. The average molecular weight is 414 g/mol. The topological polar surface area (TPSA) is 86.1 Å². The number of thioether (sulfide) groups is 1. The van der Waals surface area contributed by atoms with Crippen molar-refractivity contribution in [3.8, 4) is 5.75 Å². The maximum absolute atomic E-state index is 12.9. The van der Waals surface area contributed by atoms with E-state index in [0.717, 1.165) is 0 Å². The molecule has 2 aromatic carbocycles. The van der Waals surface area contributed by atoms with Crippen molar-refractivity contribution >= 4 is 29.1 Å². The molecule has 0 radical (unpaired) electrons. The summed E-state index contributed by atoms with van der Waals surface area (Å²) in [4.78, 5) is 24.6. The van der Waals surface area contributed by atoms with Gasteiger partial charge in [0.05, 0.1) is 19.3 Å². The van der Waals surface area contributed by atoms with Gasteiger partial charge in [0.15, 0.2) is 10.9 Å². The Labute approximate surface area is 171 Å². The molecular weight excluding hydrogens is 395 g/mol. The maximum atomic E-state index is 12.9. The summed E-state index contributed by atoms with van der Waals surface area (Å²) >= 11 is 1.24. The van der Waals surface area contributed by atoms with Crippen LogP contribution in [0.25, 0.3) is 0 Å². The number of hydrogen-bond donors (Lipinski definition) is 1. The minimum atomic E-state index is -0.374. The molecule has 0 bridgehead atoms. The maximum Gasteiger partial charge on any atom is 0.232 e. The number of carbonyl (C=O) groups is 2. The zero-order valence-corrected chi connectivity index (χ0v) is 16.7. The van der Waals surface area contributed by atoms with Gasteiger partial charge < -0.3 is 14.6 Å². The molecule has 0 fully saturated rings. The second-order valence-electron chi connectivity index (χ2n) is 6.13. The molecule has 1 amide bonds. The Bertz CT molecular complexity index is 1020. The van der Waals surface area contributed by atoms with Crippen LogP contribution in [0.3, 0.4) is 0 Å². The first kappa shape index (κ1) is 20.5. The van der Waals surface area contributed by atoms with E-state index in [4.69, 9.17) is 4.74 Å². The lowest BCUT2D eigenvalue weighted by Crippen LogP contribution is -2.17. The Balaban J connectivity index is 1.57. The molecule has 3 aromatic rings. The van der Waals surface area contributed by atoms with Crippen molar-refractivity contribution in [1.82, 2.24) is 14.8 Å². The van der Waals surface area contributed by atoms with Crippen molar-refractivity contribution in [1.29, 1.82) is 0 Å². The number of halogens is 1. The van der Waals surface area contributed by atoms with Crippen molar-refractivity contribution < 1.29 is 18.7 Å². The Morgan fingerprint density at radius 1 is 1.17 bits per heavy atom. The number of amides is 1. The number of nitrogens with zero attached hydrogens (tertiary/aromatic N) is 3. The molecule has 0 aliphatic rings. The van der Waals surface area contributed by atoms with E-state index in [-0.39, 0.29) is 29.7 Å². The summed E-state index contributed by atoms with van der Waals surface area (Å²) < 4.78 is 19.7. The number of Topliss-reactive ketones (excluding diaryl/α,β-unsaturated/α-hetero) is 1. The second-order valence-corrected chi connectivity index (χ2v) is 7.08. The number of ether oxygens (including phenoxy) is 1. The van der Waals surface area contributed by atoms with Crippen LogP contribution in [0.2, 0.25) is 0 Å². The number of aromatic nitrogens is 3. The molecule has 0 atom stereocenters. The first-order chi connectivity index (χ1) is 14.0. The number of hydrogen-bond acceptors (Lipinski definition) is 6. The summed E-state index contributed by atoms with van der Waals surface area (Å²) in [6, 6.07) is 12.5. The zero-order valence-electron chi connectivity index (χ0n) is 15.9. The Morgan fingerprint density at radius 3 is 2.66 bits per heavy atom. The van der Waals surface area contributed by atoms with E-state index in [9.17, 15) is 14.0 Å². The number of anilines is 1. The van der Waals surface area contributed by atoms with Crippen molar-refractivity contribution in [2.45, 2.75) is 11.6 Å². The SMILES string of the molecule is COc1cccc(C(=O)CSc2nnc(CC(=O)Nc3ccc(F)cc3)n2C)c1. The minimum Gasteiger partial charge on any atom is -0.497 e. The number of ketones is 1. The lowest BCUT2D eigenvalue weighted by Gasteiger charge is -2.06. The van der Waals surface area contributed by atoms with E-state index < -0.39 is 0 Å². The monoisotopic (exact) mass is 414 g/mol. The highest BCUT2D eigenvalue weighted by molar-refractivity contribution is 7.99. The molecule has 0 saturated carbocycles. The van der Waals surface area contributed by atoms with E-state index in [1.54, 1.807) is 43.0 Å². The molecule has 0 aliphatic carbocycles. The number of rotatable bonds is 8. The van der Waals surface area contributed by atoms with Gasteiger partial charge in [0.1, 0.15) is 17.4 Å². The van der Waals surface area contributed by atoms with Crippen LogP contribution in [-0.2, 0) is 18.3 Å². The van der Waals surface area contributed by atoms with Gasteiger partial charge in [-0.2, -0.15) is 0 Å². The number of benzene rings is 2. The summed E-state index contributed by atoms with van der Waals surface area (Å²) in [5, 5.41) is 11.3. The molecule has 0 aliphatic heterocycles. The van der Waals surface area contributed by atoms with Crippen molar-refractivity contribution in [3.63, 3.8) is 0 Å². The van der Waals surface area contributed by atoms with Crippen LogP contribution in [0, 0.1) is 5.82 Å². The third-order valence-corrected chi connectivity index (χ3v) is 5.12. The predicted octanol–water partition coefficient (Wildman–Crippen LogP) is 3.12. The highest BCUT2D eigenvalue weighted by Crippen LogP contribution is 2.20. The Morgan fingerprint density at radius 2 is 1.93 bits per heavy atom. The van der Waals surface area contributed by atoms with Gasteiger partial charge >= 0.3 is 0 Å². The highest BCUT2D eigenvalue weighted by Gasteiger charge is 2.15. The molecule has 1 heterocycles. The fraction of sp³-hybridized carbons (Fsp3) is 0.200. The van der Waals surface area contributed by atoms with Crippen molar-refractivity contribution in [3.05, 3.63) is 65.7 Å². The van der Waals surface area contributed by atoms with Crippen molar-refractivity contribution in [2.75, 3.05) is 18.2 Å². The first-order valence-corrected chi connectivity index (χ1v) is 9.68. The molecule has 0 spiro atoms. The van der Waals surface area contributed by atoms with E-state index >= 15 is 0 Å². The van der Waals surface area contributed by atoms with Gasteiger partial charge in [0.25, 0.3) is 0 Å². The van der Waals surface area contributed by atoms with Crippen LogP contribution in [0.15, 0.2) is 53.7 Å². The summed E-state index contributed by atoms with van der Waals surface area (Å²) in [6.45, 7) is 0. The molecular formula is C20H19FN4O3S. The van der Waals surface area contributed by atoms with Gasteiger partial charge in [-0.05, 0) is 36.4 Å². The summed E-state index contributed by atoms with van der Waals surface area (Å²) in [6.07, 6.45) is 0.00523. The van der Waals surface area contributed by atoms with Gasteiger partial charge in [-0.1, -0.05) is 23.9 Å².